The molecule has 1 aliphatic heterocycles. The van der Waals surface area contributed by atoms with E-state index in [0.29, 0.717) is 29.1 Å². The maximum Gasteiger partial charge on any atom is 0.417 e. The summed E-state index contributed by atoms with van der Waals surface area (Å²) in [7, 11) is 0. The first kappa shape index (κ1) is 23.8. The van der Waals surface area contributed by atoms with Crippen molar-refractivity contribution in [2.45, 2.75) is 39.0 Å². The van der Waals surface area contributed by atoms with Crippen LogP contribution >= 0.6 is 0 Å². The average Bonchev–Trinajstić information content (AvgIpc) is 3.31. The van der Waals surface area contributed by atoms with Crippen LogP contribution in [0.4, 0.5) is 19.0 Å². The van der Waals surface area contributed by atoms with Gasteiger partial charge in [0, 0.05) is 49.1 Å². The Balaban J connectivity index is 1.43. The van der Waals surface area contributed by atoms with Gasteiger partial charge in [0.05, 0.1) is 23.3 Å². The number of halogens is 3. The van der Waals surface area contributed by atoms with Crippen LogP contribution in [0.2, 0.25) is 0 Å². The first-order valence-electron chi connectivity index (χ1n) is 11.7. The van der Waals surface area contributed by atoms with Gasteiger partial charge >= 0.3 is 6.18 Å². The number of nitrogens with zero attached hydrogens (tertiary/aromatic N) is 5. The van der Waals surface area contributed by atoms with Crippen molar-refractivity contribution in [3.8, 4) is 0 Å². The highest BCUT2D eigenvalue weighted by Gasteiger charge is 2.31. The SMILES string of the molecule is Cc1cc2cc(C(=O)N(Cc3ccc(C(F)(F)F)cn3)C[C@H]3CCn4ccnc4C3)ccc2nc1N. The third kappa shape index (κ3) is 4.89. The molecule has 1 amide bonds. The number of rotatable bonds is 5. The summed E-state index contributed by atoms with van der Waals surface area (Å²) in [5, 5.41) is 0.792. The largest absolute Gasteiger partial charge is 0.417 e. The Morgan fingerprint density at radius 3 is 2.78 bits per heavy atom. The summed E-state index contributed by atoms with van der Waals surface area (Å²) in [5.74, 6) is 1.35. The van der Waals surface area contributed by atoms with Crippen LogP contribution in [-0.2, 0) is 25.7 Å². The summed E-state index contributed by atoms with van der Waals surface area (Å²) in [6.07, 6.45) is 1.64. The molecular formula is C26H25F3N6O. The Labute approximate surface area is 205 Å². The number of carbonyl (C=O) groups is 1. The summed E-state index contributed by atoms with van der Waals surface area (Å²) in [4.78, 5) is 28.1. The number of fused-ring (bicyclic) bond motifs is 2. The summed E-state index contributed by atoms with van der Waals surface area (Å²) in [6.45, 7) is 3.19. The van der Waals surface area contributed by atoms with E-state index >= 15 is 0 Å². The van der Waals surface area contributed by atoms with E-state index in [2.05, 4.69) is 19.5 Å². The minimum Gasteiger partial charge on any atom is -0.383 e. The summed E-state index contributed by atoms with van der Waals surface area (Å²) in [5.41, 5.74) is 7.45. The molecule has 0 bridgehead atoms. The molecule has 5 rings (SSSR count). The first-order chi connectivity index (χ1) is 17.2. The lowest BCUT2D eigenvalue weighted by atomic mass is 9.96. The zero-order valence-electron chi connectivity index (χ0n) is 19.7. The number of hydrogen-bond donors (Lipinski definition) is 1. The smallest absolute Gasteiger partial charge is 0.383 e. The molecule has 36 heavy (non-hydrogen) atoms. The normalized spacial score (nSPS) is 15.6. The average molecular weight is 495 g/mol. The van der Waals surface area contributed by atoms with Crippen molar-refractivity contribution < 1.29 is 18.0 Å². The van der Waals surface area contributed by atoms with Gasteiger partial charge in [0.1, 0.15) is 11.6 Å². The fourth-order valence-electron chi connectivity index (χ4n) is 4.60. The summed E-state index contributed by atoms with van der Waals surface area (Å²) < 4.78 is 41.1. The van der Waals surface area contributed by atoms with Crippen LogP contribution in [0.15, 0.2) is 55.0 Å². The summed E-state index contributed by atoms with van der Waals surface area (Å²) >= 11 is 0. The Hall–Kier alpha value is -3.95. The number of carbonyl (C=O) groups excluding carboxylic acids is 1. The maximum atomic E-state index is 13.7. The zero-order chi connectivity index (χ0) is 25.4. The first-order valence-corrected chi connectivity index (χ1v) is 11.7. The highest BCUT2D eigenvalue weighted by atomic mass is 19.4. The van der Waals surface area contributed by atoms with E-state index in [0.717, 1.165) is 48.4 Å². The van der Waals surface area contributed by atoms with Crippen LogP contribution < -0.4 is 5.73 Å². The van der Waals surface area contributed by atoms with Crippen LogP contribution in [0.1, 0.15) is 39.4 Å². The number of amides is 1. The topological polar surface area (TPSA) is 89.9 Å². The van der Waals surface area contributed by atoms with Crippen molar-refractivity contribution in [3.05, 3.63) is 83.2 Å². The molecule has 4 aromatic rings. The van der Waals surface area contributed by atoms with Gasteiger partial charge in [-0.3, -0.25) is 9.78 Å². The minimum absolute atomic E-state index is 0.0962. The molecule has 0 aliphatic carbocycles. The van der Waals surface area contributed by atoms with Gasteiger partial charge in [0.15, 0.2) is 0 Å². The van der Waals surface area contributed by atoms with Crippen molar-refractivity contribution in [2.75, 3.05) is 12.3 Å². The second kappa shape index (κ2) is 9.25. The molecule has 0 spiro atoms. The Bertz CT molecular complexity index is 1410. The second-order valence-electron chi connectivity index (χ2n) is 9.22. The van der Waals surface area contributed by atoms with Crippen LogP contribution in [0.5, 0.6) is 0 Å². The van der Waals surface area contributed by atoms with E-state index in [-0.39, 0.29) is 18.4 Å². The molecule has 0 saturated carbocycles. The van der Waals surface area contributed by atoms with E-state index < -0.39 is 11.7 Å². The quantitative estimate of drug-likeness (QED) is 0.437. The van der Waals surface area contributed by atoms with E-state index in [1.54, 1.807) is 29.3 Å². The Morgan fingerprint density at radius 1 is 1.19 bits per heavy atom. The van der Waals surface area contributed by atoms with Gasteiger partial charge in [0.2, 0.25) is 0 Å². The van der Waals surface area contributed by atoms with Crippen LogP contribution in [0.25, 0.3) is 10.9 Å². The van der Waals surface area contributed by atoms with Crippen molar-refractivity contribution in [3.63, 3.8) is 0 Å². The molecule has 2 N–H and O–H groups in total. The number of aryl methyl sites for hydroxylation is 2. The van der Waals surface area contributed by atoms with Crippen molar-refractivity contribution in [1.82, 2.24) is 24.4 Å². The molecule has 0 fully saturated rings. The number of alkyl halides is 3. The Morgan fingerprint density at radius 2 is 2.03 bits per heavy atom. The van der Waals surface area contributed by atoms with E-state index in [4.69, 9.17) is 5.73 Å². The third-order valence-electron chi connectivity index (χ3n) is 6.61. The number of nitrogen functional groups attached to an aromatic ring is 1. The van der Waals surface area contributed by atoms with E-state index in [9.17, 15) is 18.0 Å². The molecule has 1 aliphatic rings. The Kier molecular flexibility index (Phi) is 6.11. The third-order valence-corrected chi connectivity index (χ3v) is 6.61. The highest BCUT2D eigenvalue weighted by Crippen LogP contribution is 2.29. The number of imidazole rings is 1. The molecular weight excluding hydrogens is 469 g/mol. The molecule has 186 valence electrons. The monoisotopic (exact) mass is 494 g/mol. The summed E-state index contributed by atoms with van der Waals surface area (Å²) in [6, 6.07) is 9.44. The molecule has 7 nitrogen and oxygen atoms in total. The lowest BCUT2D eigenvalue weighted by Crippen LogP contribution is -2.37. The predicted octanol–water partition coefficient (Wildman–Crippen LogP) is 4.64. The zero-order valence-corrected chi connectivity index (χ0v) is 19.7. The lowest BCUT2D eigenvalue weighted by molar-refractivity contribution is -0.137. The number of pyridine rings is 2. The van der Waals surface area contributed by atoms with E-state index in [1.165, 1.54) is 6.07 Å². The molecule has 0 unspecified atom stereocenters. The van der Waals surface area contributed by atoms with Crippen molar-refractivity contribution in [2.24, 2.45) is 5.92 Å². The predicted molar refractivity (Wildman–Crippen MR) is 129 cm³/mol. The molecule has 3 aromatic heterocycles. The molecule has 0 radical (unpaired) electrons. The van der Waals surface area contributed by atoms with Gasteiger partial charge in [-0.2, -0.15) is 13.2 Å². The fourth-order valence-corrected chi connectivity index (χ4v) is 4.60. The van der Waals surface area contributed by atoms with Gasteiger partial charge in [-0.05, 0) is 61.2 Å². The van der Waals surface area contributed by atoms with Gasteiger partial charge < -0.3 is 15.2 Å². The number of nitrogens with two attached hydrogens (primary N) is 1. The number of anilines is 1. The van der Waals surface area contributed by atoms with Crippen molar-refractivity contribution >= 4 is 22.6 Å². The van der Waals surface area contributed by atoms with Gasteiger partial charge in [-0.1, -0.05) is 0 Å². The number of aromatic nitrogens is 4. The fraction of sp³-hybridized carbons (Fsp3) is 0.308. The second-order valence-corrected chi connectivity index (χ2v) is 9.22. The van der Waals surface area contributed by atoms with Crippen LogP contribution in [0.3, 0.4) is 0 Å². The standard InChI is InChI=1S/C26H25F3N6O/c1-16-10-19-12-18(2-5-22(19)33-24(16)30)25(36)35(14-17-6-8-34-9-7-31-23(34)11-17)15-21-4-3-20(13-32-21)26(27,28)29/h2-5,7,9-10,12-13,17H,6,8,11,14-15H2,1H3,(H2,30,33)/t17-/m0/s1. The molecule has 10 heteroatoms. The lowest BCUT2D eigenvalue weighted by Gasteiger charge is -2.30. The maximum absolute atomic E-state index is 13.7. The van der Waals surface area contributed by atoms with Crippen molar-refractivity contribution in [1.29, 1.82) is 0 Å². The molecule has 0 saturated heterocycles. The molecule has 1 atom stereocenters. The number of hydrogen-bond acceptors (Lipinski definition) is 5. The molecule has 4 heterocycles. The number of benzene rings is 1. The van der Waals surface area contributed by atoms with Gasteiger partial charge in [-0.15, -0.1) is 0 Å². The van der Waals surface area contributed by atoms with Crippen LogP contribution in [0, 0.1) is 12.8 Å². The molecule has 1 aromatic carbocycles. The van der Waals surface area contributed by atoms with Crippen LogP contribution in [-0.4, -0.2) is 36.9 Å². The minimum atomic E-state index is -4.47. The highest BCUT2D eigenvalue weighted by molar-refractivity contribution is 5.98. The van der Waals surface area contributed by atoms with E-state index in [1.807, 2.05) is 19.2 Å². The van der Waals surface area contributed by atoms with Gasteiger partial charge in [0.25, 0.3) is 5.91 Å². The van der Waals surface area contributed by atoms with Gasteiger partial charge in [-0.25, -0.2) is 9.97 Å².